The SMILES string of the molecule is OC(CC(F)(F)F)N1CCCCC1CNc1nc(-c2c[nH]c3ncc(Cl)cc23)ncc1F. The van der Waals surface area contributed by atoms with Crippen LogP contribution in [0, 0.1) is 5.82 Å². The van der Waals surface area contributed by atoms with Crippen molar-refractivity contribution in [2.45, 2.75) is 44.1 Å². The number of aromatic nitrogens is 4. The second kappa shape index (κ2) is 9.16. The van der Waals surface area contributed by atoms with Crippen molar-refractivity contribution in [3.05, 3.63) is 35.5 Å². The van der Waals surface area contributed by atoms with E-state index in [0.29, 0.717) is 41.0 Å². The molecule has 4 rings (SSSR count). The van der Waals surface area contributed by atoms with Gasteiger partial charge in [0.15, 0.2) is 17.5 Å². The monoisotopic (exact) mass is 472 g/mol. The smallest absolute Gasteiger partial charge is 0.378 e. The number of alkyl halides is 3. The molecular formula is C20H21ClF4N6O. The van der Waals surface area contributed by atoms with Crippen molar-refractivity contribution in [3.8, 4) is 11.4 Å². The van der Waals surface area contributed by atoms with Crippen LogP contribution in [-0.2, 0) is 0 Å². The first-order valence-corrected chi connectivity index (χ1v) is 10.5. The highest BCUT2D eigenvalue weighted by Crippen LogP contribution is 2.29. The van der Waals surface area contributed by atoms with Gasteiger partial charge < -0.3 is 15.4 Å². The summed E-state index contributed by atoms with van der Waals surface area (Å²) in [5, 5.41) is 14.1. The van der Waals surface area contributed by atoms with E-state index in [1.165, 1.54) is 11.1 Å². The third-order valence-electron chi connectivity index (χ3n) is 5.46. The van der Waals surface area contributed by atoms with Crippen molar-refractivity contribution in [3.63, 3.8) is 0 Å². The number of nitrogens with one attached hydrogen (secondary N) is 2. The van der Waals surface area contributed by atoms with Gasteiger partial charge in [-0.15, -0.1) is 0 Å². The van der Waals surface area contributed by atoms with E-state index in [0.717, 1.165) is 12.6 Å². The van der Waals surface area contributed by atoms with Crippen LogP contribution in [0.25, 0.3) is 22.4 Å². The van der Waals surface area contributed by atoms with E-state index in [1.807, 2.05) is 0 Å². The molecule has 1 saturated heterocycles. The summed E-state index contributed by atoms with van der Waals surface area (Å²) < 4.78 is 52.5. The lowest BCUT2D eigenvalue weighted by Crippen LogP contribution is -2.50. The highest BCUT2D eigenvalue weighted by molar-refractivity contribution is 6.31. The molecule has 4 heterocycles. The molecule has 0 aromatic carbocycles. The van der Waals surface area contributed by atoms with Crippen LogP contribution >= 0.6 is 11.6 Å². The van der Waals surface area contributed by atoms with Gasteiger partial charge in [-0.05, 0) is 18.9 Å². The van der Waals surface area contributed by atoms with Crippen molar-refractivity contribution < 1.29 is 22.7 Å². The van der Waals surface area contributed by atoms with Gasteiger partial charge in [0, 0.05) is 42.5 Å². The molecule has 1 aliphatic heterocycles. The van der Waals surface area contributed by atoms with Crippen LogP contribution in [0.3, 0.4) is 0 Å². The molecule has 32 heavy (non-hydrogen) atoms. The molecule has 0 saturated carbocycles. The number of halogens is 5. The third kappa shape index (κ3) is 5.11. The summed E-state index contributed by atoms with van der Waals surface area (Å²) in [6, 6.07) is 1.30. The molecule has 2 unspecified atom stereocenters. The fourth-order valence-electron chi connectivity index (χ4n) is 3.96. The van der Waals surface area contributed by atoms with Crippen molar-refractivity contribution >= 4 is 28.5 Å². The number of aliphatic hydroxyl groups is 1. The number of hydrogen-bond donors (Lipinski definition) is 3. The summed E-state index contributed by atoms with van der Waals surface area (Å²) in [7, 11) is 0. The highest BCUT2D eigenvalue weighted by Gasteiger charge is 2.37. The summed E-state index contributed by atoms with van der Waals surface area (Å²) >= 11 is 6.02. The number of aromatic amines is 1. The Morgan fingerprint density at radius 1 is 1.28 bits per heavy atom. The molecule has 12 heteroatoms. The normalized spacial score (nSPS) is 18.8. The van der Waals surface area contributed by atoms with E-state index >= 15 is 0 Å². The van der Waals surface area contributed by atoms with E-state index in [2.05, 4.69) is 25.3 Å². The summed E-state index contributed by atoms with van der Waals surface area (Å²) in [5.74, 6) is -0.528. The molecular weight excluding hydrogens is 452 g/mol. The maximum absolute atomic E-state index is 14.4. The Bertz CT molecular complexity index is 1090. The Kier molecular flexibility index (Phi) is 6.50. The Morgan fingerprint density at radius 2 is 2.09 bits per heavy atom. The molecule has 172 valence electrons. The van der Waals surface area contributed by atoms with Crippen LogP contribution in [-0.4, -0.2) is 61.5 Å². The van der Waals surface area contributed by atoms with Gasteiger partial charge in [0.05, 0.1) is 17.6 Å². The Morgan fingerprint density at radius 3 is 2.88 bits per heavy atom. The van der Waals surface area contributed by atoms with Gasteiger partial charge in [0.2, 0.25) is 0 Å². The van der Waals surface area contributed by atoms with Gasteiger partial charge in [0.25, 0.3) is 0 Å². The van der Waals surface area contributed by atoms with Crippen LogP contribution in [0.4, 0.5) is 23.4 Å². The van der Waals surface area contributed by atoms with Crippen LogP contribution in [0.1, 0.15) is 25.7 Å². The predicted molar refractivity (Wildman–Crippen MR) is 112 cm³/mol. The number of piperidine rings is 1. The van der Waals surface area contributed by atoms with E-state index < -0.39 is 30.7 Å². The first kappa shape index (κ1) is 22.7. The number of pyridine rings is 1. The average molecular weight is 473 g/mol. The van der Waals surface area contributed by atoms with E-state index in [4.69, 9.17) is 11.6 Å². The molecule has 3 aromatic heterocycles. The standard InChI is InChI=1S/C20H21ClF4N6O/c21-11-5-13-14(9-28-17(13)26-7-11)18-29-10-15(22)19(30-18)27-8-12-3-1-2-4-31(12)16(32)6-20(23,24)25/h5,7,9-10,12,16,32H,1-4,6,8H2,(H,26,28)(H,27,29,30). The fraction of sp³-hybridized carbons (Fsp3) is 0.450. The molecule has 3 aromatic rings. The molecule has 0 bridgehead atoms. The van der Waals surface area contributed by atoms with Gasteiger partial charge >= 0.3 is 6.18 Å². The van der Waals surface area contributed by atoms with Crippen LogP contribution in [0.2, 0.25) is 5.02 Å². The minimum absolute atomic E-state index is 0.0739. The molecule has 1 aliphatic rings. The molecule has 2 atom stereocenters. The second-order valence-electron chi connectivity index (χ2n) is 7.71. The third-order valence-corrected chi connectivity index (χ3v) is 5.66. The Balaban J connectivity index is 1.52. The zero-order chi connectivity index (χ0) is 22.9. The zero-order valence-electron chi connectivity index (χ0n) is 16.8. The van der Waals surface area contributed by atoms with Gasteiger partial charge in [-0.1, -0.05) is 18.0 Å². The van der Waals surface area contributed by atoms with E-state index in [-0.39, 0.29) is 18.2 Å². The maximum Gasteiger partial charge on any atom is 0.392 e. The average Bonchev–Trinajstić information content (AvgIpc) is 3.15. The number of rotatable bonds is 6. The number of hydrogen-bond acceptors (Lipinski definition) is 6. The number of anilines is 1. The topological polar surface area (TPSA) is 90.0 Å². The first-order valence-electron chi connectivity index (χ1n) is 10.1. The number of H-pyrrole nitrogens is 1. The quantitative estimate of drug-likeness (QED) is 0.462. The summed E-state index contributed by atoms with van der Waals surface area (Å²) in [6.07, 6.45) is -1.19. The lowest BCUT2D eigenvalue weighted by Gasteiger charge is -2.39. The molecule has 0 amide bonds. The van der Waals surface area contributed by atoms with Gasteiger partial charge in [-0.25, -0.2) is 19.3 Å². The van der Waals surface area contributed by atoms with Gasteiger partial charge in [-0.2, -0.15) is 13.2 Å². The molecule has 3 N–H and O–H groups in total. The zero-order valence-corrected chi connectivity index (χ0v) is 17.6. The minimum Gasteiger partial charge on any atom is -0.378 e. The Hall–Kier alpha value is -2.50. The van der Waals surface area contributed by atoms with Crippen LogP contribution in [0.15, 0.2) is 24.7 Å². The largest absolute Gasteiger partial charge is 0.392 e. The van der Waals surface area contributed by atoms with Crippen molar-refractivity contribution in [1.29, 1.82) is 0 Å². The summed E-state index contributed by atoms with van der Waals surface area (Å²) in [6.45, 7) is 0.466. The fourth-order valence-corrected chi connectivity index (χ4v) is 4.11. The lowest BCUT2D eigenvalue weighted by molar-refractivity contribution is -0.180. The summed E-state index contributed by atoms with van der Waals surface area (Å²) in [4.78, 5) is 16.9. The van der Waals surface area contributed by atoms with Gasteiger partial charge in [0.1, 0.15) is 11.9 Å². The van der Waals surface area contributed by atoms with Crippen molar-refractivity contribution in [2.75, 3.05) is 18.4 Å². The number of nitrogens with zero attached hydrogens (tertiary/aromatic N) is 4. The summed E-state index contributed by atoms with van der Waals surface area (Å²) in [5.41, 5.74) is 1.15. The van der Waals surface area contributed by atoms with Gasteiger partial charge in [-0.3, -0.25) is 4.90 Å². The number of likely N-dealkylation sites (tertiary alicyclic amines) is 1. The van der Waals surface area contributed by atoms with Crippen molar-refractivity contribution in [1.82, 2.24) is 24.8 Å². The van der Waals surface area contributed by atoms with Crippen LogP contribution in [0.5, 0.6) is 0 Å². The lowest BCUT2D eigenvalue weighted by atomic mass is 10.0. The van der Waals surface area contributed by atoms with E-state index in [1.54, 1.807) is 12.3 Å². The van der Waals surface area contributed by atoms with E-state index in [9.17, 15) is 22.7 Å². The molecule has 0 radical (unpaired) electrons. The van der Waals surface area contributed by atoms with Crippen molar-refractivity contribution in [2.24, 2.45) is 0 Å². The van der Waals surface area contributed by atoms with Crippen LogP contribution < -0.4 is 5.32 Å². The minimum atomic E-state index is -4.47. The molecule has 0 aliphatic carbocycles. The first-order chi connectivity index (χ1) is 15.2. The Labute approximate surface area is 185 Å². The maximum atomic E-state index is 14.4. The molecule has 0 spiro atoms. The number of fused-ring (bicyclic) bond motifs is 1. The number of aliphatic hydroxyl groups excluding tert-OH is 1. The second-order valence-corrected chi connectivity index (χ2v) is 8.15. The molecule has 1 fully saturated rings. The molecule has 7 nitrogen and oxygen atoms in total. The predicted octanol–water partition coefficient (Wildman–Crippen LogP) is 4.35. The highest BCUT2D eigenvalue weighted by atomic mass is 35.5.